The molecule has 0 heterocycles. The number of hydrogen-bond donors (Lipinski definition) is 4. The van der Waals surface area contributed by atoms with Gasteiger partial charge in [-0.2, -0.15) is 0 Å². The van der Waals surface area contributed by atoms with Gasteiger partial charge in [0.1, 0.15) is 0 Å². The average molecular weight is 439 g/mol. The highest BCUT2D eigenvalue weighted by Gasteiger charge is 2.21. The van der Waals surface area contributed by atoms with Crippen LogP contribution in [-0.4, -0.2) is 35.4 Å². The van der Waals surface area contributed by atoms with Crippen LogP contribution in [0.5, 0.6) is 0 Å². The van der Waals surface area contributed by atoms with Gasteiger partial charge >= 0.3 is 0 Å². The number of hydrogen-bond acceptors (Lipinski definition) is 4. The number of carbonyl (C=O) groups is 1. The molecule has 1 amide bonds. The molecule has 0 aromatic heterocycles. The Balaban J connectivity index is -0.00000123. The Hall–Kier alpha value is -0.360. The molecule has 0 rings (SSSR count). The van der Waals surface area contributed by atoms with Gasteiger partial charge in [-0.1, -0.05) is 90.9 Å². The summed E-state index contributed by atoms with van der Waals surface area (Å²) in [5, 5.41) is 18.7. The van der Waals surface area contributed by atoms with E-state index in [1.807, 2.05) is 6.92 Å². The molecule has 2 unspecified atom stereocenters. The molecule has 0 aromatic rings. The maximum atomic E-state index is 11.2. The van der Waals surface area contributed by atoms with Gasteiger partial charge in [-0.15, -0.1) is 12.4 Å². The van der Waals surface area contributed by atoms with Crippen LogP contribution in [0.1, 0.15) is 117 Å². The summed E-state index contributed by atoms with van der Waals surface area (Å²) >= 11 is 0. The molecule has 0 radical (unpaired) electrons. The van der Waals surface area contributed by atoms with Crippen molar-refractivity contribution >= 4 is 18.3 Å². The summed E-state index contributed by atoms with van der Waals surface area (Å²) in [7, 11) is 0. The van der Waals surface area contributed by atoms with E-state index in [9.17, 15) is 9.90 Å². The number of carbonyl (C=O) groups excluding carboxylic acids is 1. The molecule has 5 nitrogen and oxygen atoms in total. The van der Waals surface area contributed by atoms with Gasteiger partial charge in [0, 0.05) is 6.61 Å². The summed E-state index contributed by atoms with van der Waals surface area (Å²) in [5.74, 6) is -0.757. The summed E-state index contributed by atoms with van der Waals surface area (Å²) in [6, 6.07) is 0. The zero-order valence-electron chi connectivity index (χ0n) is 19.2. The van der Waals surface area contributed by atoms with Crippen molar-refractivity contribution in [2.45, 2.75) is 123 Å². The standard InChI is InChI=1S/C20H41NO3.C3H9N.ClH/c1-2-18(20(21)24)19(23)16-14-12-10-8-6-4-3-5-7-9-11-13-15-17-22;1-2-3-4;/h18-19,22-23H,2-17H2,1H3,(H2,21,24);2-4H2,1H3;1H. The zero-order chi connectivity index (χ0) is 21.5. The van der Waals surface area contributed by atoms with Gasteiger partial charge in [0.15, 0.2) is 0 Å². The molecule has 0 saturated heterocycles. The predicted molar refractivity (Wildman–Crippen MR) is 127 cm³/mol. The van der Waals surface area contributed by atoms with Gasteiger partial charge < -0.3 is 21.7 Å². The van der Waals surface area contributed by atoms with Gasteiger partial charge in [-0.25, -0.2) is 0 Å². The minimum absolute atomic E-state index is 0. The molecule has 6 N–H and O–H groups in total. The Morgan fingerprint density at radius 3 is 1.41 bits per heavy atom. The quantitative estimate of drug-likeness (QED) is 0.210. The molecule has 0 spiro atoms. The maximum Gasteiger partial charge on any atom is 0.223 e. The van der Waals surface area contributed by atoms with Gasteiger partial charge in [0.05, 0.1) is 12.0 Å². The fourth-order valence-electron chi connectivity index (χ4n) is 3.27. The first-order chi connectivity index (χ1) is 13.5. The highest BCUT2D eigenvalue weighted by Crippen LogP contribution is 2.17. The third-order valence-corrected chi connectivity index (χ3v) is 5.22. The Morgan fingerprint density at radius 1 is 0.793 bits per heavy atom. The van der Waals surface area contributed by atoms with Crippen LogP contribution in [0, 0.1) is 5.92 Å². The first-order valence-corrected chi connectivity index (χ1v) is 11.8. The molecular weight excluding hydrogens is 388 g/mol. The molecule has 178 valence electrons. The normalized spacial score (nSPS) is 12.4. The van der Waals surface area contributed by atoms with Crippen LogP contribution in [0.4, 0.5) is 0 Å². The molecular formula is C23H51ClN2O3. The molecule has 6 heteroatoms. The smallest absolute Gasteiger partial charge is 0.223 e. The highest BCUT2D eigenvalue weighted by molar-refractivity contribution is 5.85. The second-order valence-electron chi connectivity index (χ2n) is 7.88. The third-order valence-electron chi connectivity index (χ3n) is 5.22. The second-order valence-corrected chi connectivity index (χ2v) is 7.88. The monoisotopic (exact) mass is 438 g/mol. The van der Waals surface area contributed by atoms with Crippen molar-refractivity contribution in [1.29, 1.82) is 0 Å². The molecule has 2 atom stereocenters. The van der Waals surface area contributed by atoms with Crippen molar-refractivity contribution in [1.82, 2.24) is 0 Å². The lowest BCUT2D eigenvalue weighted by atomic mass is 9.94. The van der Waals surface area contributed by atoms with Crippen molar-refractivity contribution in [2.24, 2.45) is 17.4 Å². The van der Waals surface area contributed by atoms with Crippen LogP contribution >= 0.6 is 12.4 Å². The lowest BCUT2D eigenvalue weighted by molar-refractivity contribution is -0.125. The van der Waals surface area contributed by atoms with E-state index in [2.05, 4.69) is 6.92 Å². The molecule has 0 fully saturated rings. The molecule has 0 aromatic carbocycles. The molecule has 0 aliphatic heterocycles. The molecule has 0 saturated carbocycles. The zero-order valence-corrected chi connectivity index (χ0v) is 20.1. The Bertz CT molecular complexity index is 318. The van der Waals surface area contributed by atoms with E-state index in [0.29, 0.717) is 19.4 Å². The van der Waals surface area contributed by atoms with Gasteiger partial charge in [-0.3, -0.25) is 4.79 Å². The van der Waals surface area contributed by atoms with E-state index < -0.39 is 6.10 Å². The largest absolute Gasteiger partial charge is 0.396 e. The summed E-state index contributed by atoms with van der Waals surface area (Å²) in [6.45, 7) is 5.11. The fourth-order valence-corrected chi connectivity index (χ4v) is 3.27. The third kappa shape index (κ3) is 25.6. The van der Waals surface area contributed by atoms with Crippen LogP contribution in [0.2, 0.25) is 0 Å². The van der Waals surface area contributed by atoms with Crippen molar-refractivity contribution in [2.75, 3.05) is 13.2 Å². The van der Waals surface area contributed by atoms with Crippen molar-refractivity contribution < 1.29 is 15.0 Å². The number of rotatable bonds is 19. The van der Waals surface area contributed by atoms with Crippen LogP contribution in [-0.2, 0) is 4.79 Å². The fraction of sp³-hybridized carbons (Fsp3) is 0.957. The number of halogens is 1. The second kappa shape index (κ2) is 27.6. The Kier molecular flexibility index (Phi) is 31.7. The van der Waals surface area contributed by atoms with Crippen molar-refractivity contribution in [3.8, 4) is 0 Å². The van der Waals surface area contributed by atoms with Crippen LogP contribution in [0.3, 0.4) is 0 Å². The number of unbranched alkanes of at least 4 members (excludes halogenated alkanes) is 12. The number of aliphatic hydroxyl groups excluding tert-OH is 2. The minimum Gasteiger partial charge on any atom is -0.396 e. The SMILES string of the molecule is CCC(C(N)=O)C(O)CCCCCCCCCCCCCCCO.CCCN.Cl. The number of primary amides is 1. The molecule has 29 heavy (non-hydrogen) atoms. The number of aliphatic hydroxyl groups is 2. The minimum atomic E-state index is -0.565. The van der Waals surface area contributed by atoms with Crippen LogP contribution in [0.15, 0.2) is 0 Å². The lowest BCUT2D eigenvalue weighted by Gasteiger charge is -2.18. The predicted octanol–water partition coefficient (Wildman–Crippen LogP) is 5.09. The summed E-state index contributed by atoms with van der Waals surface area (Å²) in [5.41, 5.74) is 10.3. The van der Waals surface area contributed by atoms with Crippen molar-refractivity contribution in [3.05, 3.63) is 0 Å². The first-order valence-electron chi connectivity index (χ1n) is 11.8. The van der Waals surface area contributed by atoms with Gasteiger partial charge in [0.25, 0.3) is 0 Å². The van der Waals surface area contributed by atoms with E-state index in [1.165, 1.54) is 64.2 Å². The highest BCUT2D eigenvalue weighted by atomic mass is 35.5. The Labute approximate surface area is 186 Å². The average Bonchev–Trinajstić information content (AvgIpc) is 2.68. The Morgan fingerprint density at radius 2 is 1.14 bits per heavy atom. The molecule has 0 aliphatic rings. The van der Waals surface area contributed by atoms with E-state index in [-0.39, 0.29) is 24.2 Å². The summed E-state index contributed by atoms with van der Waals surface area (Å²) in [6.07, 6.45) is 17.8. The van der Waals surface area contributed by atoms with Gasteiger partial charge in [-0.05, 0) is 32.2 Å². The first kappa shape index (κ1) is 33.3. The van der Waals surface area contributed by atoms with Crippen LogP contribution < -0.4 is 11.5 Å². The summed E-state index contributed by atoms with van der Waals surface area (Å²) < 4.78 is 0. The topological polar surface area (TPSA) is 110 Å². The number of amides is 1. The molecule has 0 aliphatic carbocycles. The molecule has 0 bridgehead atoms. The lowest BCUT2D eigenvalue weighted by Crippen LogP contribution is -2.33. The van der Waals surface area contributed by atoms with E-state index in [0.717, 1.165) is 32.2 Å². The van der Waals surface area contributed by atoms with E-state index in [1.54, 1.807) is 0 Å². The van der Waals surface area contributed by atoms with E-state index >= 15 is 0 Å². The maximum absolute atomic E-state index is 11.2. The van der Waals surface area contributed by atoms with Crippen molar-refractivity contribution in [3.63, 3.8) is 0 Å². The summed E-state index contributed by atoms with van der Waals surface area (Å²) in [4.78, 5) is 11.2. The number of nitrogens with two attached hydrogens (primary N) is 2. The van der Waals surface area contributed by atoms with Crippen LogP contribution in [0.25, 0.3) is 0 Å². The van der Waals surface area contributed by atoms with Gasteiger partial charge in [0.2, 0.25) is 5.91 Å². The van der Waals surface area contributed by atoms with E-state index in [4.69, 9.17) is 16.6 Å².